The summed E-state index contributed by atoms with van der Waals surface area (Å²) in [5.74, 6) is -1.33. The molecule has 0 saturated heterocycles. The smallest absolute Gasteiger partial charge is 0.320 e. The van der Waals surface area contributed by atoms with Crippen LogP contribution in [0.3, 0.4) is 0 Å². The highest BCUT2D eigenvalue weighted by Crippen LogP contribution is 2.41. The van der Waals surface area contributed by atoms with Gasteiger partial charge in [-0.25, -0.2) is 4.79 Å². The Morgan fingerprint density at radius 1 is 1.06 bits per heavy atom. The molecule has 0 saturated carbocycles. The number of primary amides is 1. The standard InChI is InChI=1S/C23H27Cl2N3O5/c1-22(2,12-17(26)18(29)30)19(31)23(3,13-9-14(24)11-15(25)10-13)20(28-21(27)32)33-16-7-5-4-6-8-16/h4-11,17,20H,12,26H2,1-3H3,(H,29,30)(H3,27,28,32)/t17-,20?,23?/m0/s1. The van der Waals surface area contributed by atoms with E-state index in [1.807, 2.05) is 0 Å². The number of halogens is 2. The van der Waals surface area contributed by atoms with E-state index in [1.165, 1.54) is 18.2 Å². The van der Waals surface area contributed by atoms with Gasteiger partial charge in [0, 0.05) is 15.5 Å². The number of para-hydroxylation sites is 1. The maximum atomic E-state index is 14.1. The molecule has 178 valence electrons. The van der Waals surface area contributed by atoms with Gasteiger partial charge in [-0.15, -0.1) is 0 Å². The lowest BCUT2D eigenvalue weighted by Gasteiger charge is -2.42. The average molecular weight is 496 g/mol. The van der Waals surface area contributed by atoms with Crippen molar-refractivity contribution in [1.82, 2.24) is 5.32 Å². The summed E-state index contributed by atoms with van der Waals surface area (Å²) < 4.78 is 6.03. The Labute approximate surface area is 202 Å². The van der Waals surface area contributed by atoms with Gasteiger partial charge in [-0.1, -0.05) is 55.2 Å². The number of ketones is 1. The number of carboxylic acid groups (broad SMARTS) is 1. The fourth-order valence-corrected chi connectivity index (χ4v) is 4.27. The number of Topliss-reactive ketones (excluding diaryl/α,β-unsaturated/α-hetero) is 1. The van der Waals surface area contributed by atoms with Crippen molar-refractivity contribution >= 4 is 41.0 Å². The van der Waals surface area contributed by atoms with Gasteiger partial charge in [0.1, 0.15) is 17.2 Å². The maximum Gasteiger partial charge on any atom is 0.320 e. The van der Waals surface area contributed by atoms with Crippen LogP contribution in [0.4, 0.5) is 4.79 Å². The van der Waals surface area contributed by atoms with Gasteiger partial charge in [0.2, 0.25) is 0 Å². The van der Waals surface area contributed by atoms with E-state index in [4.69, 9.17) is 39.4 Å². The second kappa shape index (κ2) is 10.4. The number of carboxylic acids is 1. The number of rotatable bonds is 10. The molecule has 0 bridgehead atoms. The first-order chi connectivity index (χ1) is 15.3. The van der Waals surface area contributed by atoms with Gasteiger partial charge in [-0.3, -0.25) is 9.59 Å². The highest BCUT2D eigenvalue weighted by Gasteiger charge is 2.51. The third kappa shape index (κ3) is 6.37. The highest BCUT2D eigenvalue weighted by molar-refractivity contribution is 6.34. The van der Waals surface area contributed by atoms with Crippen LogP contribution in [0, 0.1) is 5.41 Å². The zero-order valence-electron chi connectivity index (χ0n) is 18.5. The summed E-state index contributed by atoms with van der Waals surface area (Å²) >= 11 is 12.5. The molecule has 6 N–H and O–H groups in total. The maximum absolute atomic E-state index is 14.1. The minimum absolute atomic E-state index is 0.167. The largest absolute Gasteiger partial charge is 0.480 e. The second-order valence-corrected chi connectivity index (χ2v) is 9.41. The third-order valence-corrected chi connectivity index (χ3v) is 5.83. The zero-order valence-corrected chi connectivity index (χ0v) is 20.0. The topological polar surface area (TPSA) is 145 Å². The van der Waals surface area contributed by atoms with E-state index in [0.29, 0.717) is 11.3 Å². The number of hydrogen-bond donors (Lipinski definition) is 4. The van der Waals surface area contributed by atoms with Crippen molar-refractivity contribution in [2.75, 3.05) is 0 Å². The molecule has 0 heterocycles. The van der Waals surface area contributed by atoms with Gasteiger partial charge in [0.15, 0.2) is 12.0 Å². The number of urea groups is 1. The Bertz CT molecular complexity index is 1010. The zero-order chi connectivity index (χ0) is 25.0. The Hall–Kier alpha value is -2.81. The summed E-state index contributed by atoms with van der Waals surface area (Å²) in [6.07, 6.45) is -1.46. The van der Waals surface area contributed by atoms with E-state index in [0.717, 1.165) is 0 Å². The van der Waals surface area contributed by atoms with E-state index in [1.54, 1.807) is 51.1 Å². The molecule has 0 aliphatic rings. The first-order valence-electron chi connectivity index (χ1n) is 10.0. The summed E-state index contributed by atoms with van der Waals surface area (Å²) in [5, 5.41) is 12.3. The van der Waals surface area contributed by atoms with Crippen LogP contribution in [0.1, 0.15) is 32.8 Å². The van der Waals surface area contributed by atoms with Crippen LogP contribution in [-0.2, 0) is 15.0 Å². The number of aliphatic carboxylic acids is 1. The lowest BCUT2D eigenvalue weighted by Crippen LogP contribution is -2.60. The van der Waals surface area contributed by atoms with Gasteiger partial charge in [0.25, 0.3) is 0 Å². The Morgan fingerprint density at radius 2 is 1.61 bits per heavy atom. The number of benzene rings is 2. The SMILES string of the molecule is CC(C)(C[C@H](N)C(=O)O)C(=O)C(C)(c1cc(Cl)cc(Cl)c1)C(NC(N)=O)Oc1ccccc1. The van der Waals surface area contributed by atoms with Crippen LogP contribution in [0.2, 0.25) is 10.0 Å². The molecular weight excluding hydrogens is 469 g/mol. The monoisotopic (exact) mass is 495 g/mol. The molecule has 2 unspecified atom stereocenters. The van der Waals surface area contributed by atoms with E-state index in [-0.39, 0.29) is 16.5 Å². The predicted octanol–water partition coefficient (Wildman–Crippen LogP) is 3.72. The van der Waals surface area contributed by atoms with Gasteiger partial charge in [-0.05, 0) is 49.2 Å². The summed E-state index contributed by atoms with van der Waals surface area (Å²) in [7, 11) is 0. The molecule has 2 aromatic carbocycles. The van der Waals surface area contributed by atoms with Crippen LogP contribution in [0.5, 0.6) is 5.75 Å². The lowest BCUT2D eigenvalue weighted by atomic mass is 9.65. The fourth-order valence-electron chi connectivity index (χ4n) is 3.74. The summed E-state index contributed by atoms with van der Waals surface area (Å²) in [4.78, 5) is 37.4. The lowest BCUT2D eigenvalue weighted by molar-refractivity contribution is -0.141. The number of amides is 2. The van der Waals surface area contributed by atoms with E-state index in [2.05, 4.69) is 5.32 Å². The van der Waals surface area contributed by atoms with Crippen LogP contribution < -0.4 is 21.5 Å². The molecule has 0 fully saturated rings. The molecule has 3 atom stereocenters. The van der Waals surface area contributed by atoms with Crippen molar-refractivity contribution in [3.8, 4) is 5.75 Å². The Kier molecular flexibility index (Phi) is 8.35. The molecule has 33 heavy (non-hydrogen) atoms. The third-order valence-electron chi connectivity index (χ3n) is 5.39. The van der Waals surface area contributed by atoms with E-state index < -0.39 is 40.9 Å². The summed E-state index contributed by atoms with van der Waals surface area (Å²) in [5.41, 5.74) is 8.65. The fraction of sp³-hybridized carbons (Fsp3) is 0.348. The van der Waals surface area contributed by atoms with E-state index in [9.17, 15) is 19.5 Å². The number of ether oxygens (including phenoxy) is 1. The Balaban J connectivity index is 2.69. The molecule has 2 aromatic rings. The first-order valence-corrected chi connectivity index (χ1v) is 10.8. The number of carbonyl (C=O) groups is 3. The first kappa shape index (κ1) is 26.4. The number of hydrogen-bond acceptors (Lipinski definition) is 5. The number of carbonyl (C=O) groups excluding carboxylic acids is 2. The second-order valence-electron chi connectivity index (χ2n) is 8.54. The van der Waals surface area contributed by atoms with Crippen molar-refractivity contribution in [2.24, 2.45) is 16.9 Å². The molecule has 0 radical (unpaired) electrons. The molecule has 0 aliphatic carbocycles. The van der Waals surface area contributed by atoms with Gasteiger partial charge < -0.3 is 26.6 Å². The molecule has 8 nitrogen and oxygen atoms in total. The Morgan fingerprint density at radius 3 is 2.09 bits per heavy atom. The normalized spacial score (nSPS) is 15.1. The minimum atomic E-state index is -1.60. The van der Waals surface area contributed by atoms with E-state index >= 15 is 0 Å². The van der Waals surface area contributed by atoms with Gasteiger partial charge in [0.05, 0.1) is 0 Å². The number of nitrogens with two attached hydrogens (primary N) is 2. The van der Waals surface area contributed by atoms with Crippen molar-refractivity contribution in [1.29, 1.82) is 0 Å². The van der Waals surface area contributed by atoms with Crippen LogP contribution in [-0.4, -0.2) is 35.2 Å². The van der Waals surface area contributed by atoms with Gasteiger partial charge in [-0.2, -0.15) is 0 Å². The van der Waals surface area contributed by atoms with Crippen molar-refractivity contribution in [3.63, 3.8) is 0 Å². The average Bonchev–Trinajstić information content (AvgIpc) is 2.71. The predicted molar refractivity (Wildman–Crippen MR) is 126 cm³/mol. The summed E-state index contributed by atoms with van der Waals surface area (Å²) in [6.45, 7) is 4.70. The molecular formula is C23H27Cl2N3O5. The molecule has 0 spiro atoms. The highest BCUT2D eigenvalue weighted by atomic mass is 35.5. The van der Waals surface area contributed by atoms with Crippen molar-refractivity contribution in [3.05, 3.63) is 64.1 Å². The molecule has 0 aliphatic heterocycles. The van der Waals surface area contributed by atoms with Crippen LogP contribution >= 0.6 is 23.2 Å². The van der Waals surface area contributed by atoms with Crippen molar-refractivity contribution < 1.29 is 24.2 Å². The molecule has 2 rings (SSSR count). The molecule has 10 heteroatoms. The molecule has 2 amide bonds. The van der Waals surface area contributed by atoms with Crippen LogP contribution in [0.15, 0.2) is 48.5 Å². The minimum Gasteiger partial charge on any atom is -0.480 e. The number of nitrogens with one attached hydrogen (secondary N) is 1. The van der Waals surface area contributed by atoms with Crippen LogP contribution in [0.25, 0.3) is 0 Å². The summed E-state index contributed by atoms with van der Waals surface area (Å²) in [6, 6.07) is 10.9. The quantitative estimate of drug-likeness (QED) is 0.369. The van der Waals surface area contributed by atoms with Gasteiger partial charge >= 0.3 is 12.0 Å². The van der Waals surface area contributed by atoms with Crippen molar-refractivity contribution in [2.45, 2.75) is 44.9 Å². The molecule has 0 aromatic heterocycles.